The molecule has 1 aromatic carbocycles. The van der Waals surface area contributed by atoms with Crippen LogP contribution in [-0.4, -0.2) is 5.11 Å². The summed E-state index contributed by atoms with van der Waals surface area (Å²) in [6.07, 6.45) is 3.75. The Labute approximate surface area is 99.5 Å². The Morgan fingerprint density at radius 2 is 1.75 bits per heavy atom. The predicted octanol–water partition coefficient (Wildman–Crippen LogP) is 4.50. The third-order valence-electron chi connectivity index (χ3n) is 3.29. The number of rotatable bonds is 5. The average molecular weight is 220 g/mol. The Kier molecular flexibility index (Phi) is 4.40. The van der Waals surface area contributed by atoms with E-state index < -0.39 is 0 Å². The third-order valence-corrected chi connectivity index (χ3v) is 3.29. The van der Waals surface area contributed by atoms with Gasteiger partial charge < -0.3 is 5.11 Å². The first-order valence-electron chi connectivity index (χ1n) is 6.25. The number of hydrogen-bond acceptors (Lipinski definition) is 1. The lowest BCUT2D eigenvalue weighted by molar-refractivity contribution is 0.361. The van der Waals surface area contributed by atoms with E-state index in [9.17, 15) is 5.11 Å². The molecule has 1 nitrogen and oxygen atoms in total. The molecule has 0 heterocycles. The molecule has 0 aromatic heterocycles. The molecule has 0 saturated heterocycles. The summed E-state index contributed by atoms with van der Waals surface area (Å²) in [4.78, 5) is 0. The van der Waals surface area contributed by atoms with Crippen molar-refractivity contribution in [1.82, 2.24) is 0 Å². The summed E-state index contributed by atoms with van der Waals surface area (Å²) in [6, 6.07) is 7.63. The van der Waals surface area contributed by atoms with Gasteiger partial charge in [-0.15, -0.1) is 0 Å². The van der Waals surface area contributed by atoms with Gasteiger partial charge in [0, 0.05) is 0 Å². The fourth-order valence-electron chi connectivity index (χ4n) is 2.50. The minimum atomic E-state index is 0.197. The fraction of sp³-hybridized carbons (Fsp3) is 0.600. The van der Waals surface area contributed by atoms with Crippen LogP contribution in [0.25, 0.3) is 0 Å². The van der Waals surface area contributed by atoms with Crippen LogP contribution in [0, 0.1) is 5.92 Å². The zero-order valence-corrected chi connectivity index (χ0v) is 11.0. The van der Waals surface area contributed by atoms with E-state index in [1.807, 2.05) is 12.1 Å². The molecule has 0 radical (unpaired) electrons. The second kappa shape index (κ2) is 5.38. The summed E-state index contributed by atoms with van der Waals surface area (Å²) in [5.74, 6) is 1.11. The normalized spacial score (nSPS) is 13.8. The summed E-state index contributed by atoms with van der Waals surface area (Å²) < 4.78 is 0. The van der Waals surface area contributed by atoms with Crippen molar-refractivity contribution < 1.29 is 5.11 Å². The van der Waals surface area contributed by atoms with E-state index in [2.05, 4.69) is 27.7 Å². The summed E-state index contributed by atoms with van der Waals surface area (Å²) >= 11 is 0. The van der Waals surface area contributed by atoms with Crippen molar-refractivity contribution in [1.29, 1.82) is 0 Å². The molecule has 1 rings (SSSR count). The van der Waals surface area contributed by atoms with Gasteiger partial charge in [-0.3, -0.25) is 0 Å². The van der Waals surface area contributed by atoms with E-state index in [0.29, 0.717) is 5.75 Å². The molecule has 0 spiro atoms. The molecule has 0 fully saturated rings. The lowest BCUT2D eigenvalue weighted by Crippen LogP contribution is -2.20. The summed E-state index contributed by atoms with van der Waals surface area (Å²) in [5.41, 5.74) is 1.51. The van der Waals surface area contributed by atoms with Crippen LogP contribution in [0.1, 0.15) is 52.5 Å². The van der Waals surface area contributed by atoms with Crippen molar-refractivity contribution in [2.75, 3.05) is 0 Å². The molecule has 1 aromatic rings. The van der Waals surface area contributed by atoms with Crippen molar-refractivity contribution in [3.63, 3.8) is 0 Å². The van der Waals surface area contributed by atoms with E-state index in [1.54, 1.807) is 12.1 Å². The molecule has 16 heavy (non-hydrogen) atoms. The maximum absolute atomic E-state index is 9.29. The molecule has 0 aliphatic heterocycles. The van der Waals surface area contributed by atoms with Crippen molar-refractivity contribution in [2.24, 2.45) is 5.92 Å². The molecule has 0 unspecified atom stereocenters. The molecule has 1 N–H and O–H groups in total. The summed E-state index contributed by atoms with van der Waals surface area (Å²) in [6.45, 7) is 9.13. The van der Waals surface area contributed by atoms with E-state index in [1.165, 1.54) is 24.8 Å². The molecule has 0 amide bonds. The van der Waals surface area contributed by atoms with Gasteiger partial charge in [-0.2, -0.15) is 0 Å². The van der Waals surface area contributed by atoms with Gasteiger partial charge in [0.25, 0.3) is 0 Å². The van der Waals surface area contributed by atoms with E-state index in [-0.39, 0.29) is 5.41 Å². The summed E-state index contributed by atoms with van der Waals surface area (Å²) in [5, 5.41) is 9.29. The highest BCUT2D eigenvalue weighted by atomic mass is 16.3. The van der Waals surface area contributed by atoms with Gasteiger partial charge in [-0.1, -0.05) is 52.7 Å². The lowest BCUT2D eigenvalue weighted by atomic mass is 9.76. The van der Waals surface area contributed by atoms with Crippen LogP contribution in [0.15, 0.2) is 24.3 Å². The molecule has 1 atom stereocenters. The Morgan fingerprint density at radius 1 is 1.19 bits per heavy atom. The topological polar surface area (TPSA) is 20.2 Å². The second-order valence-corrected chi connectivity index (χ2v) is 5.53. The van der Waals surface area contributed by atoms with E-state index in [0.717, 1.165) is 5.92 Å². The van der Waals surface area contributed by atoms with Gasteiger partial charge in [0.05, 0.1) is 0 Å². The highest BCUT2D eigenvalue weighted by molar-refractivity contribution is 5.30. The number of phenolic OH excluding ortho intramolecular Hbond substituents is 1. The van der Waals surface area contributed by atoms with Crippen molar-refractivity contribution in [3.05, 3.63) is 29.8 Å². The maximum Gasteiger partial charge on any atom is 0.115 e. The van der Waals surface area contributed by atoms with Crippen molar-refractivity contribution in [3.8, 4) is 5.75 Å². The standard InChI is InChI=1S/C15H24O/c1-5-6-12(2)11-15(3,4)13-7-9-14(16)10-8-13/h7-10,12,16H,5-6,11H2,1-4H3/t12-/m0/s1. The van der Waals surface area contributed by atoms with Gasteiger partial charge in [0.2, 0.25) is 0 Å². The van der Waals surface area contributed by atoms with Gasteiger partial charge >= 0.3 is 0 Å². The van der Waals surface area contributed by atoms with Crippen LogP contribution in [0.2, 0.25) is 0 Å². The monoisotopic (exact) mass is 220 g/mol. The minimum absolute atomic E-state index is 0.197. The highest BCUT2D eigenvalue weighted by Gasteiger charge is 2.22. The number of aromatic hydroxyl groups is 1. The Morgan fingerprint density at radius 3 is 2.25 bits per heavy atom. The van der Waals surface area contributed by atoms with E-state index in [4.69, 9.17) is 0 Å². The first-order chi connectivity index (χ1) is 7.45. The Balaban J connectivity index is 2.72. The lowest BCUT2D eigenvalue weighted by Gasteiger charge is -2.28. The molecule has 0 saturated carbocycles. The van der Waals surface area contributed by atoms with Crippen LogP contribution in [-0.2, 0) is 5.41 Å². The van der Waals surface area contributed by atoms with Gasteiger partial charge in [0.1, 0.15) is 5.75 Å². The molecule has 0 aliphatic carbocycles. The molecular formula is C15H24O. The van der Waals surface area contributed by atoms with Crippen LogP contribution in [0.5, 0.6) is 5.75 Å². The zero-order valence-electron chi connectivity index (χ0n) is 11.0. The van der Waals surface area contributed by atoms with Gasteiger partial charge in [-0.25, -0.2) is 0 Å². The average Bonchev–Trinajstić information content (AvgIpc) is 2.17. The molecule has 1 heteroatoms. The molecule has 90 valence electrons. The predicted molar refractivity (Wildman–Crippen MR) is 69.8 cm³/mol. The number of phenols is 1. The van der Waals surface area contributed by atoms with Crippen LogP contribution in [0.3, 0.4) is 0 Å². The molecular weight excluding hydrogens is 196 g/mol. The van der Waals surface area contributed by atoms with Crippen molar-refractivity contribution in [2.45, 2.75) is 52.4 Å². The number of hydrogen-bond donors (Lipinski definition) is 1. The van der Waals surface area contributed by atoms with E-state index >= 15 is 0 Å². The fourth-order valence-corrected chi connectivity index (χ4v) is 2.50. The maximum atomic E-state index is 9.29. The quantitative estimate of drug-likeness (QED) is 0.774. The van der Waals surface area contributed by atoms with Crippen LogP contribution < -0.4 is 0 Å². The summed E-state index contributed by atoms with van der Waals surface area (Å²) in [7, 11) is 0. The number of benzene rings is 1. The first-order valence-corrected chi connectivity index (χ1v) is 6.25. The van der Waals surface area contributed by atoms with Crippen LogP contribution >= 0.6 is 0 Å². The van der Waals surface area contributed by atoms with Crippen LogP contribution in [0.4, 0.5) is 0 Å². The smallest absolute Gasteiger partial charge is 0.115 e. The zero-order chi connectivity index (χ0) is 12.2. The van der Waals surface area contributed by atoms with Gasteiger partial charge in [-0.05, 0) is 35.4 Å². The largest absolute Gasteiger partial charge is 0.508 e. The highest BCUT2D eigenvalue weighted by Crippen LogP contribution is 2.32. The molecule has 0 aliphatic rings. The van der Waals surface area contributed by atoms with Crippen molar-refractivity contribution >= 4 is 0 Å². The minimum Gasteiger partial charge on any atom is -0.508 e. The third kappa shape index (κ3) is 3.55. The second-order valence-electron chi connectivity index (χ2n) is 5.53. The Hall–Kier alpha value is -0.980. The first kappa shape index (κ1) is 13.1. The molecule has 0 bridgehead atoms. The SMILES string of the molecule is CCC[C@H](C)CC(C)(C)c1ccc(O)cc1. The Bertz CT molecular complexity index is 311. The van der Waals surface area contributed by atoms with Gasteiger partial charge in [0.15, 0.2) is 0 Å².